The molecule has 0 aliphatic heterocycles. The van der Waals surface area contributed by atoms with Gasteiger partial charge in [0.25, 0.3) is 5.91 Å². The molecule has 0 bridgehead atoms. The van der Waals surface area contributed by atoms with E-state index in [0.29, 0.717) is 5.56 Å². The third-order valence-corrected chi connectivity index (χ3v) is 5.73. The van der Waals surface area contributed by atoms with Crippen LogP contribution in [-0.4, -0.2) is 52.4 Å². The summed E-state index contributed by atoms with van der Waals surface area (Å²) in [7, 11) is 0.518. The number of benzene rings is 2. The maximum atomic E-state index is 12.3. The van der Waals surface area contributed by atoms with E-state index in [4.69, 9.17) is 9.47 Å². The summed E-state index contributed by atoms with van der Waals surface area (Å²) in [6, 6.07) is 11.0. The number of rotatable bonds is 7. The number of anilines is 1. The normalized spacial score (nSPS) is 11.2. The Labute approximate surface area is 164 Å². The lowest BCUT2D eigenvalue weighted by Gasteiger charge is -2.15. The highest BCUT2D eigenvalue weighted by Crippen LogP contribution is 2.28. The van der Waals surface area contributed by atoms with E-state index in [-0.39, 0.29) is 16.3 Å². The van der Waals surface area contributed by atoms with Crippen LogP contribution < -0.4 is 10.1 Å². The van der Waals surface area contributed by atoms with Gasteiger partial charge in [-0.25, -0.2) is 17.5 Å². The molecule has 150 valence electrons. The van der Waals surface area contributed by atoms with Crippen LogP contribution in [0, 0.1) is 6.92 Å². The van der Waals surface area contributed by atoms with Crippen molar-refractivity contribution in [3.63, 3.8) is 0 Å². The average molecular weight is 406 g/mol. The molecule has 0 spiro atoms. The lowest BCUT2D eigenvalue weighted by molar-refractivity contribution is -0.119. The number of hydrogen-bond acceptors (Lipinski definition) is 6. The van der Waals surface area contributed by atoms with Gasteiger partial charge in [0.15, 0.2) is 6.61 Å². The van der Waals surface area contributed by atoms with Crippen LogP contribution in [-0.2, 0) is 19.6 Å². The fourth-order valence-corrected chi connectivity index (χ4v) is 3.28. The maximum absolute atomic E-state index is 12.3. The number of aryl methyl sites for hydroxylation is 1. The van der Waals surface area contributed by atoms with E-state index in [1.807, 2.05) is 0 Å². The molecule has 0 aliphatic rings. The smallest absolute Gasteiger partial charge is 0.338 e. The highest BCUT2D eigenvalue weighted by molar-refractivity contribution is 7.89. The quantitative estimate of drug-likeness (QED) is 0.706. The Bertz CT molecular complexity index is 986. The van der Waals surface area contributed by atoms with Crippen molar-refractivity contribution >= 4 is 27.6 Å². The van der Waals surface area contributed by atoms with E-state index in [1.54, 1.807) is 31.2 Å². The van der Waals surface area contributed by atoms with Gasteiger partial charge in [0.1, 0.15) is 5.75 Å². The molecule has 28 heavy (non-hydrogen) atoms. The Morgan fingerprint density at radius 3 is 2.39 bits per heavy atom. The number of hydrogen-bond donors (Lipinski definition) is 1. The molecule has 0 unspecified atom stereocenters. The molecule has 0 saturated heterocycles. The molecule has 2 aromatic rings. The largest absolute Gasteiger partial charge is 0.495 e. The second-order valence-corrected chi connectivity index (χ2v) is 8.24. The van der Waals surface area contributed by atoms with E-state index in [0.717, 1.165) is 9.87 Å². The van der Waals surface area contributed by atoms with Crippen LogP contribution in [0.1, 0.15) is 15.9 Å². The van der Waals surface area contributed by atoms with Gasteiger partial charge in [-0.3, -0.25) is 4.79 Å². The molecule has 9 heteroatoms. The lowest BCUT2D eigenvalue weighted by Crippen LogP contribution is -2.23. The second kappa shape index (κ2) is 8.85. The van der Waals surface area contributed by atoms with Crippen molar-refractivity contribution in [2.75, 3.05) is 33.1 Å². The van der Waals surface area contributed by atoms with Gasteiger partial charge < -0.3 is 14.8 Å². The van der Waals surface area contributed by atoms with Crippen LogP contribution in [0.5, 0.6) is 5.75 Å². The van der Waals surface area contributed by atoms with Crippen molar-refractivity contribution in [3.05, 3.63) is 53.6 Å². The highest BCUT2D eigenvalue weighted by Gasteiger charge is 2.20. The molecule has 0 atom stereocenters. The van der Waals surface area contributed by atoms with Crippen LogP contribution in [0.2, 0.25) is 0 Å². The number of esters is 1. The standard InChI is InChI=1S/C19H22N2O6S/c1-13-7-5-6-8-15(13)19(23)27-12-18(22)20-16-11-14(9-10-17(16)26-4)28(24,25)21(2)3/h5-11H,12H2,1-4H3,(H,20,22). The van der Waals surface area contributed by atoms with E-state index >= 15 is 0 Å². The summed E-state index contributed by atoms with van der Waals surface area (Å²) >= 11 is 0. The van der Waals surface area contributed by atoms with E-state index in [1.165, 1.54) is 39.4 Å². The van der Waals surface area contributed by atoms with Gasteiger partial charge in [-0.05, 0) is 36.8 Å². The van der Waals surface area contributed by atoms with Gasteiger partial charge in [0.05, 0.1) is 23.3 Å². The number of carbonyl (C=O) groups excluding carboxylic acids is 2. The van der Waals surface area contributed by atoms with Crippen molar-refractivity contribution < 1.29 is 27.5 Å². The number of carbonyl (C=O) groups is 2. The molecule has 2 rings (SSSR count). The number of amides is 1. The molecule has 0 saturated carbocycles. The summed E-state index contributed by atoms with van der Waals surface area (Å²) in [4.78, 5) is 24.3. The third kappa shape index (κ3) is 4.87. The Hall–Kier alpha value is -2.91. The Morgan fingerprint density at radius 2 is 1.79 bits per heavy atom. The van der Waals surface area contributed by atoms with E-state index in [9.17, 15) is 18.0 Å². The topological polar surface area (TPSA) is 102 Å². The summed E-state index contributed by atoms with van der Waals surface area (Å²) in [5.74, 6) is -0.972. The zero-order valence-electron chi connectivity index (χ0n) is 16.1. The van der Waals surface area contributed by atoms with Crippen LogP contribution >= 0.6 is 0 Å². The molecule has 1 N–H and O–H groups in total. The van der Waals surface area contributed by atoms with Crippen molar-refractivity contribution in [3.8, 4) is 5.75 Å². The maximum Gasteiger partial charge on any atom is 0.338 e. The highest BCUT2D eigenvalue weighted by atomic mass is 32.2. The SMILES string of the molecule is COc1ccc(S(=O)(=O)N(C)C)cc1NC(=O)COC(=O)c1ccccc1C. The Balaban J connectivity index is 2.12. The summed E-state index contributed by atoms with van der Waals surface area (Å²) in [6.07, 6.45) is 0. The molecule has 0 aliphatic carbocycles. The van der Waals surface area contributed by atoms with Crippen LogP contribution in [0.25, 0.3) is 0 Å². The first-order valence-corrected chi connectivity index (χ1v) is 9.74. The summed E-state index contributed by atoms with van der Waals surface area (Å²) in [5.41, 5.74) is 1.26. The van der Waals surface area contributed by atoms with Crippen LogP contribution in [0.3, 0.4) is 0 Å². The number of nitrogens with zero attached hydrogens (tertiary/aromatic N) is 1. The summed E-state index contributed by atoms with van der Waals surface area (Å²) < 4.78 is 35.8. The zero-order valence-corrected chi connectivity index (χ0v) is 16.9. The zero-order chi connectivity index (χ0) is 20.9. The number of sulfonamides is 1. The first kappa shape index (κ1) is 21.4. The van der Waals surface area contributed by atoms with E-state index in [2.05, 4.69) is 5.32 Å². The summed E-state index contributed by atoms with van der Waals surface area (Å²) in [5, 5.41) is 2.51. The number of methoxy groups -OCH3 is 1. The molecule has 1 amide bonds. The Kier molecular flexibility index (Phi) is 6.76. The molecule has 8 nitrogen and oxygen atoms in total. The number of nitrogens with one attached hydrogen (secondary N) is 1. The molecule has 2 aromatic carbocycles. The minimum Gasteiger partial charge on any atom is -0.495 e. The van der Waals surface area contributed by atoms with E-state index < -0.39 is 28.5 Å². The molecular weight excluding hydrogens is 384 g/mol. The lowest BCUT2D eigenvalue weighted by atomic mass is 10.1. The summed E-state index contributed by atoms with van der Waals surface area (Å²) in [6.45, 7) is 1.24. The van der Waals surface area contributed by atoms with Crippen molar-refractivity contribution in [2.24, 2.45) is 0 Å². The van der Waals surface area contributed by atoms with Gasteiger partial charge in [-0.15, -0.1) is 0 Å². The molecule has 0 radical (unpaired) electrons. The van der Waals surface area contributed by atoms with Crippen LogP contribution in [0.15, 0.2) is 47.4 Å². The minimum atomic E-state index is -3.69. The molecule has 0 fully saturated rings. The van der Waals surface area contributed by atoms with Gasteiger partial charge in [0, 0.05) is 14.1 Å². The first-order valence-electron chi connectivity index (χ1n) is 8.30. The third-order valence-electron chi connectivity index (χ3n) is 3.92. The van der Waals surface area contributed by atoms with Crippen LogP contribution in [0.4, 0.5) is 5.69 Å². The minimum absolute atomic E-state index is 0.00879. The molecule has 0 aromatic heterocycles. The molecular formula is C19H22N2O6S. The number of ether oxygens (including phenoxy) is 2. The Morgan fingerprint density at radius 1 is 1.11 bits per heavy atom. The molecule has 0 heterocycles. The predicted octanol–water partition coefficient (Wildman–Crippen LogP) is 2.05. The average Bonchev–Trinajstić information content (AvgIpc) is 2.66. The van der Waals surface area contributed by atoms with Gasteiger partial charge in [-0.2, -0.15) is 0 Å². The van der Waals surface area contributed by atoms with Crippen molar-refractivity contribution in [2.45, 2.75) is 11.8 Å². The van der Waals surface area contributed by atoms with Gasteiger partial charge in [-0.1, -0.05) is 18.2 Å². The first-order chi connectivity index (χ1) is 13.2. The predicted molar refractivity (Wildman–Crippen MR) is 104 cm³/mol. The van der Waals surface area contributed by atoms with Crippen molar-refractivity contribution in [1.29, 1.82) is 0 Å². The van der Waals surface area contributed by atoms with Gasteiger partial charge in [0.2, 0.25) is 10.0 Å². The second-order valence-electron chi connectivity index (χ2n) is 6.09. The van der Waals surface area contributed by atoms with Crippen molar-refractivity contribution in [1.82, 2.24) is 4.31 Å². The fourth-order valence-electron chi connectivity index (χ4n) is 2.35. The fraction of sp³-hybridized carbons (Fsp3) is 0.263. The van der Waals surface area contributed by atoms with Gasteiger partial charge >= 0.3 is 5.97 Å². The monoisotopic (exact) mass is 406 g/mol.